The number of ether oxygens (including phenoxy) is 1. The average molecular weight is 304 g/mol. The van der Waals surface area contributed by atoms with E-state index in [4.69, 9.17) is 39.5 Å². The molecule has 0 fully saturated rings. The molecule has 0 spiro atoms. The Kier molecular flexibility index (Phi) is 9.48. The quantitative estimate of drug-likeness (QED) is 0.362. The first kappa shape index (κ1) is 17.3. The number of alkyl halides is 3. The molecule has 102 valence electrons. The van der Waals surface area contributed by atoms with Gasteiger partial charge in [-0.25, -0.2) is 0 Å². The first-order chi connectivity index (χ1) is 7.90. The third-order valence-electron chi connectivity index (χ3n) is 2.61. The van der Waals surface area contributed by atoms with Crippen molar-refractivity contribution >= 4 is 40.8 Å². The summed E-state index contributed by atoms with van der Waals surface area (Å²) in [5.74, 6) is -0.325. The van der Waals surface area contributed by atoms with Crippen LogP contribution in [0.5, 0.6) is 0 Å². The van der Waals surface area contributed by atoms with E-state index in [1.54, 1.807) is 0 Å². The van der Waals surface area contributed by atoms with Crippen molar-refractivity contribution in [1.29, 1.82) is 0 Å². The van der Waals surface area contributed by atoms with Gasteiger partial charge in [-0.1, -0.05) is 74.3 Å². The van der Waals surface area contributed by atoms with Crippen LogP contribution >= 0.6 is 34.8 Å². The molecule has 1 unspecified atom stereocenters. The number of esters is 1. The topological polar surface area (TPSA) is 26.3 Å². The summed E-state index contributed by atoms with van der Waals surface area (Å²) in [4.78, 5) is 11.7. The van der Waals surface area contributed by atoms with Crippen LogP contribution in [-0.4, -0.2) is 16.4 Å². The van der Waals surface area contributed by atoms with Crippen LogP contribution in [0.25, 0.3) is 0 Å². The smallest absolute Gasteiger partial charge is 0.309 e. The first-order valence-electron chi connectivity index (χ1n) is 6.14. The summed E-state index contributed by atoms with van der Waals surface area (Å²) >= 11 is 16.6. The van der Waals surface area contributed by atoms with Crippen LogP contribution in [0.3, 0.4) is 0 Å². The molecule has 0 radical (unpaired) electrons. The van der Waals surface area contributed by atoms with Crippen LogP contribution in [0.15, 0.2) is 0 Å². The number of unbranched alkanes of at least 4 members (excludes halogenated alkanes) is 3. The molecule has 0 aliphatic rings. The van der Waals surface area contributed by atoms with Crippen molar-refractivity contribution in [3.05, 3.63) is 0 Å². The number of halogens is 3. The minimum Gasteiger partial charge on any atom is -0.461 e. The maximum absolute atomic E-state index is 11.7. The van der Waals surface area contributed by atoms with Gasteiger partial charge in [-0.3, -0.25) is 4.79 Å². The van der Waals surface area contributed by atoms with Gasteiger partial charge >= 0.3 is 5.97 Å². The summed E-state index contributed by atoms with van der Waals surface area (Å²) in [6.07, 6.45) is 6.23. The highest BCUT2D eigenvalue weighted by Crippen LogP contribution is 2.27. The average Bonchev–Trinajstić information content (AvgIpc) is 2.25. The molecule has 17 heavy (non-hydrogen) atoms. The zero-order chi connectivity index (χ0) is 13.3. The highest BCUT2D eigenvalue weighted by atomic mass is 35.6. The highest BCUT2D eigenvalue weighted by Gasteiger charge is 2.25. The minimum absolute atomic E-state index is 0.0702. The Labute approximate surface area is 119 Å². The summed E-state index contributed by atoms with van der Waals surface area (Å²) < 4.78 is 3.46. The van der Waals surface area contributed by atoms with Crippen molar-refractivity contribution < 1.29 is 9.53 Å². The van der Waals surface area contributed by atoms with Crippen molar-refractivity contribution in [3.63, 3.8) is 0 Å². The van der Waals surface area contributed by atoms with Gasteiger partial charge in [-0.05, 0) is 12.8 Å². The predicted molar refractivity (Wildman–Crippen MR) is 73.8 cm³/mol. The third-order valence-corrected chi connectivity index (χ3v) is 2.94. The van der Waals surface area contributed by atoms with E-state index in [0.29, 0.717) is 0 Å². The molecule has 0 saturated carbocycles. The number of carbonyl (C=O) groups is 1. The van der Waals surface area contributed by atoms with E-state index >= 15 is 0 Å². The lowest BCUT2D eigenvalue weighted by Crippen LogP contribution is -2.23. The molecule has 0 aliphatic carbocycles. The summed E-state index contributed by atoms with van der Waals surface area (Å²) in [5, 5.41) is 0. The van der Waals surface area contributed by atoms with Crippen LogP contribution < -0.4 is 0 Å². The predicted octanol–water partition coefficient (Wildman–Crippen LogP) is 4.90. The number of hydrogen-bond donors (Lipinski definition) is 0. The summed E-state index contributed by atoms with van der Waals surface area (Å²) in [6, 6.07) is 0. The Balaban J connectivity index is 3.87. The second-order valence-electron chi connectivity index (χ2n) is 4.18. The molecule has 0 aromatic rings. The monoisotopic (exact) mass is 302 g/mol. The normalized spacial score (nSPS) is 13.5. The van der Waals surface area contributed by atoms with Gasteiger partial charge in [0.2, 0.25) is 3.79 Å². The number of hydrogen-bond acceptors (Lipinski definition) is 2. The summed E-state index contributed by atoms with van der Waals surface area (Å²) in [5.41, 5.74) is 0. The maximum Gasteiger partial charge on any atom is 0.309 e. The molecule has 0 bridgehead atoms. The van der Waals surface area contributed by atoms with E-state index in [0.717, 1.165) is 25.7 Å². The lowest BCUT2D eigenvalue weighted by atomic mass is 9.98. The van der Waals surface area contributed by atoms with Gasteiger partial charge in [0.15, 0.2) is 0 Å². The van der Waals surface area contributed by atoms with E-state index in [-0.39, 0.29) is 18.5 Å². The van der Waals surface area contributed by atoms with Gasteiger partial charge in [0.1, 0.15) is 6.61 Å². The Morgan fingerprint density at radius 1 is 1.18 bits per heavy atom. The summed E-state index contributed by atoms with van der Waals surface area (Å²) in [7, 11) is 0. The third kappa shape index (κ3) is 9.99. The molecule has 0 heterocycles. The van der Waals surface area contributed by atoms with Crippen LogP contribution in [-0.2, 0) is 9.53 Å². The van der Waals surface area contributed by atoms with Crippen LogP contribution in [0, 0.1) is 5.92 Å². The van der Waals surface area contributed by atoms with Gasteiger partial charge in [0.05, 0.1) is 5.92 Å². The van der Waals surface area contributed by atoms with Crippen LogP contribution in [0.4, 0.5) is 0 Å². The SMILES string of the molecule is CCCCCCC(CC)C(=O)OCC(Cl)(Cl)Cl. The molecule has 0 saturated heterocycles. The molecule has 2 nitrogen and oxygen atoms in total. The molecule has 5 heteroatoms. The number of rotatable bonds is 8. The highest BCUT2D eigenvalue weighted by molar-refractivity contribution is 6.67. The Morgan fingerprint density at radius 3 is 2.29 bits per heavy atom. The molecule has 1 atom stereocenters. The van der Waals surface area contributed by atoms with E-state index in [2.05, 4.69) is 6.92 Å². The van der Waals surface area contributed by atoms with Gasteiger partial charge in [-0.15, -0.1) is 0 Å². The van der Waals surface area contributed by atoms with Gasteiger partial charge < -0.3 is 4.74 Å². The largest absolute Gasteiger partial charge is 0.461 e. The van der Waals surface area contributed by atoms with Crippen molar-refractivity contribution in [2.24, 2.45) is 5.92 Å². The zero-order valence-corrected chi connectivity index (χ0v) is 12.7. The molecule has 0 N–H and O–H groups in total. The van der Waals surface area contributed by atoms with Gasteiger partial charge in [0.25, 0.3) is 0 Å². The maximum atomic E-state index is 11.7. The van der Waals surface area contributed by atoms with Crippen molar-refractivity contribution in [2.75, 3.05) is 6.61 Å². The van der Waals surface area contributed by atoms with Crippen molar-refractivity contribution in [2.45, 2.75) is 56.2 Å². The lowest BCUT2D eigenvalue weighted by molar-refractivity contribution is -0.148. The number of carbonyl (C=O) groups excluding carboxylic acids is 1. The molecule has 0 aromatic carbocycles. The second-order valence-corrected chi connectivity index (χ2v) is 6.69. The molecule has 0 amide bonds. The van der Waals surface area contributed by atoms with E-state index in [1.807, 2.05) is 6.92 Å². The Morgan fingerprint density at radius 2 is 1.82 bits per heavy atom. The van der Waals surface area contributed by atoms with Crippen LogP contribution in [0.1, 0.15) is 52.4 Å². The van der Waals surface area contributed by atoms with E-state index in [9.17, 15) is 4.79 Å². The Bertz CT molecular complexity index is 214. The minimum atomic E-state index is -1.52. The molecule has 0 aliphatic heterocycles. The first-order valence-corrected chi connectivity index (χ1v) is 7.27. The fourth-order valence-electron chi connectivity index (χ4n) is 1.58. The lowest BCUT2D eigenvalue weighted by Gasteiger charge is -2.16. The van der Waals surface area contributed by atoms with E-state index < -0.39 is 3.79 Å². The van der Waals surface area contributed by atoms with Gasteiger partial charge in [0, 0.05) is 0 Å². The van der Waals surface area contributed by atoms with Crippen molar-refractivity contribution in [3.8, 4) is 0 Å². The molecule has 0 rings (SSSR count). The fourth-order valence-corrected chi connectivity index (χ4v) is 1.74. The second kappa shape index (κ2) is 9.29. The zero-order valence-electron chi connectivity index (χ0n) is 10.5. The van der Waals surface area contributed by atoms with E-state index in [1.165, 1.54) is 12.8 Å². The fraction of sp³-hybridized carbons (Fsp3) is 0.917. The van der Waals surface area contributed by atoms with Gasteiger partial charge in [-0.2, -0.15) is 0 Å². The molecular formula is C12H21Cl3O2. The molecule has 0 aromatic heterocycles. The van der Waals surface area contributed by atoms with Crippen molar-refractivity contribution in [1.82, 2.24) is 0 Å². The molecular weight excluding hydrogens is 282 g/mol. The standard InChI is InChI=1S/C12H21Cl3O2/c1-3-5-6-7-8-10(4-2)11(16)17-9-12(13,14)15/h10H,3-9H2,1-2H3. The van der Waals surface area contributed by atoms with Crippen LogP contribution in [0.2, 0.25) is 0 Å². The Hall–Kier alpha value is 0.340. The summed E-state index contributed by atoms with van der Waals surface area (Å²) in [6.45, 7) is 3.95.